The number of allylic oxidation sites excluding steroid dienone is 1. The molecule has 0 aliphatic carbocycles. The number of ether oxygens (including phenoxy) is 2. The number of thioether (sulfide) groups is 1. The number of methoxy groups -OCH3 is 1. The lowest BCUT2D eigenvalue weighted by atomic mass is 9.93. The van der Waals surface area contributed by atoms with Crippen molar-refractivity contribution in [2.24, 2.45) is 10.9 Å². The molecule has 8 heteroatoms. The Morgan fingerprint density at radius 3 is 2.55 bits per heavy atom. The Labute approximate surface area is 174 Å². The Kier molecular flexibility index (Phi) is 6.42. The molecule has 1 fully saturated rings. The van der Waals surface area contributed by atoms with Crippen LogP contribution >= 0.6 is 11.8 Å². The van der Waals surface area contributed by atoms with Gasteiger partial charge in [0, 0.05) is 12.2 Å². The summed E-state index contributed by atoms with van der Waals surface area (Å²) >= 11 is 1.49. The molecule has 0 N–H and O–H groups in total. The maximum absolute atomic E-state index is 12.9. The molecule has 1 aromatic carbocycles. The van der Waals surface area contributed by atoms with Crippen LogP contribution in [-0.4, -0.2) is 47.4 Å². The zero-order valence-corrected chi connectivity index (χ0v) is 17.7. The molecule has 2 aliphatic heterocycles. The van der Waals surface area contributed by atoms with E-state index in [2.05, 4.69) is 4.99 Å². The second-order valence-corrected chi connectivity index (χ2v) is 8.33. The number of rotatable bonds is 5. The minimum Gasteiger partial charge on any atom is -0.465 e. The highest BCUT2D eigenvalue weighted by atomic mass is 32.2. The molecule has 29 heavy (non-hydrogen) atoms. The molecular weight excluding hydrogens is 392 g/mol. The third-order valence-corrected chi connectivity index (χ3v) is 5.58. The van der Waals surface area contributed by atoms with Crippen LogP contribution in [0.3, 0.4) is 0 Å². The van der Waals surface area contributed by atoms with E-state index in [0.717, 1.165) is 0 Å². The standard InChI is InChI=1S/C21H24N2O5S/c1-12(2)11-28-20(26)17-13(3)22-21-23(16(24)9-10-29-21)18(17)14-5-7-15(8-6-14)19(25)27-4/h5-8,12,18H,9-11H2,1-4H3/t18-/m0/s1. The Hall–Kier alpha value is -2.61. The summed E-state index contributed by atoms with van der Waals surface area (Å²) in [5.74, 6) is -0.179. The molecule has 0 unspecified atom stereocenters. The van der Waals surface area contributed by atoms with Crippen molar-refractivity contribution in [3.63, 3.8) is 0 Å². The van der Waals surface area contributed by atoms with Gasteiger partial charge in [-0.1, -0.05) is 37.7 Å². The lowest BCUT2D eigenvalue weighted by Gasteiger charge is -2.39. The van der Waals surface area contributed by atoms with Crippen molar-refractivity contribution in [2.45, 2.75) is 33.2 Å². The average Bonchev–Trinajstić information content (AvgIpc) is 2.70. The molecule has 0 radical (unpaired) electrons. The number of esters is 2. The summed E-state index contributed by atoms with van der Waals surface area (Å²) in [4.78, 5) is 43.5. The van der Waals surface area contributed by atoms with E-state index < -0.39 is 18.0 Å². The highest BCUT2D eigenvalue weighted by Crippen LogP contribution is 2.40. The van der Waals surface area contributed by atoms with E-state index in [4.69, 9.17) is 9.47 Å². The first-order valence-corrected chi connectivity index (χ1v) is 10.4. The largest absolute Gasteiger partial charge is 0.465 e. The van der Waals surface area contributed by atoms with E-state index in [-0.39, 0.29) is 18.4 Å². The number of benzene rings is 1. The second-order valence-electron chi connectivity index (χ2n) is 7.26. The van der Waals surface area contributed by atoms with Crippen LogP contribution < -0.4 is 0 Å². The quantitative estimate of drug-likeness (QED) is 0.685. The Balaban J connectivity index is 2.05. The highest BCUT2D eigenvalue weighted by molar-refractivity contribution is 8.14. The lowest BCUT2D eigenvalue weighted by Crippen LogP contribution is -2.45. The number of fused-ring (bicyclic) bond motifs is 1. The molecule has 1 atom stereocenters. The van der Waals surface area contributed by atoms with Gasteiger partial charge in [-0.05, 0) is 30.5 Å². The van der Waals surface area contributed by atoms with E-state index in [1.54, 1.807) is 36.1 Å². The van der Waals surface area contributed by atoms with Gasteiger partial charge < -0.3 is 9.47 Å². The number of aliphatic imine (C=N–C) groups is 1. The van der Waals surface area contributed by atoms with Crippen molar-refractivity contribution in [2.75, 3.05) is 19.5 Å². The summed E-state index contributed by atoms with van der Waals surface area (Å²) in [7, 11) is 1.32. The summed E-state index contributed by atoms with van der Waals surface area (Å²) in [5.41, 5.74) is 1.98. The van der Waals surface area contributed by atoms with Gasteiger partial charge in [0.2, 0.25) is 5.91 Å². The third kappa shape index (κ3) is 4.37. The molecule has 0 spiro atoms. The number of carbonyl (C=O) groups is 3. The first-order valence-electron chi connectivity index (χ1n) is 9.43. The molecule has 3 rings (SSSR count). The fourth-order valence-corrected chi connectivity index (χ4v) is 4.22. The van der Waals surface area contributed by atoms with Gasteiger partial charge in [0.05, 0.1) is 36.6 Å². The first kappa shape index (κ1) is 21.1. The van der Waals surface area contributed by atoms with Crippen LogP contribution in [0.4, 0.5) is 0 Å². The number of hydrogen-bond acceptors (Lipinski definition) is 7. The molecule has 0 bridgehead atoms. The lowest BCUT2D eigenvalue weighted by molar-refractivity contribution is -0.141. The van der Waals surface area contributed by atoms with Crippen molar-refractivity contribution in [3.05, 3.63) is 46.7 Å². The minimum atomic E-state index is -0.644. The zero-order valence-electron chi connectivity index (χ0n) is 16.9. The van der Waals surface area contributed by atoms with Crippen LogP contribution in [-0.2, 0) is 19.1 Å². The fraction of sp³-hybridized carbons (Fsp3) is 0.429. The zero-order chi connectivity index (χ0) is 21.1. The Morgan fingerprint density at radius 2 is 1.93 bits per heavy atom. The second kappa shape index (κ2) is 8.82. The van der Waals surface area contributed by atoms with Gasteiger partial charge in [-0.25, -0.2) is 14.6 Å². The molecule has 1 amide bonds. The van der Waals surface area contributed by atoms with E-state index in [9.17, 15) is 14.4 Å². The van der Waals surface area contributed by atoms with E-state index >= 15 is 0 Å². The summed E-state index contributed by atoms with van der Waals surface area (Å²) < 4.78 is 10.2. The maximum Gasteiger partial charge on any atom is 0.338 e. The van der Waals surface area contributed by atoms with Gasteiger partial charge in [0.25, 0.3) is 0 Å². The van der Waals surface area contributed by atoms with Crippen LogP contribution in [0.25, 0.3) is 0 Å². The Bertz CT molecular complexity index is 889. The summed E-state index contributed by atoms with van der Waals surface area (Å²) in [6.07, 6.45) is 0.369. The summed E-state index contributed by atoms with van der Waals surface area (Å²) in [6, 6.07) is 6.07. The fourth-order valence-electron chi connectivity index (χ4n) is 3.21. The topological polar surface area (TPSA) is 85.3 Å². The van der Waals surface area contributed by atoms with E-state index in [1.165, 1.54) is 18.9 Å². The first-order chi connectivity index (χ1) is 13.8. The Morgan fingerprint density at radius 1 is 1.24 bits per heavy atom. The molecular formula is C21H24N2O5S. The average molecular weight is 416 g/mol. The van der Waals surface area contributed by atoms with Crippen LogP contribution in [0, 0.1) is 5.92 Å². The van der Waals surface area contributed by atoms with Gasteiger partial charge >= 0.3 is 11.9 Å². The van der Waals surface area contributed by atoms with Gasteiger partial charge in [0.15, 0.2) is 5.17 Å². The van der Waals surface area contributed by atoms with E-state index in [1.807, 2.05) is 13.8 Å². The predicted octanol–water partition coefficient (Wildman–Crippen LogP) is 3.32. The SMILES string of the molecule is COC(=O)c1ccc([C@H]2C(C(=O)OCC(C)C)=C(C)N=C3SCCC(=O)N32)cc1. The van der Waals surface area contributed by atoms with Crippen molar-refractivity contribution in [1.29, 1.82) is 0 Å². The number of hydrogen-bond donors (Lipinski definition) is 0. The normalized spacial score (nSPS) is 19.1. The summed E-state index contributed by atoms with van der Waals surface area (Å²) in [5, 5.41) is 0.584. The minimum absolute atomic E-state index is 0.0915. The van der Waals surface area contributed by atoms with Crippen molar-refractivity contribution in [1.82, 2.24) is 4.90 Å². The van der Waals surface area contributed by atoms with Crippen LogP contribution in [0.5, 0.6) is 0 Å². The van der Waals surface area contributed by atoms with Gasteiger partial charge in [-0.2, -0.15) is 0 Å². The molecule has 0 saturated carbocycles. The van der Waals surface area contributed by atoms with Gasteiger partial charge in [-0.15, -0.1) is 0 Å². The number of amides is 1. The third-order valence-electron chi connectivity index (χ3n) is 4.62. The maximum atomic E-state index is 12.9. The van der Waals surface area contributed by atoms with Gasteiger partial charge in [-0.3, -0.25) is 9.69 Å². The molecule has 1 aromatic rings. The van der Waals surface area contributed by atoms with Crippen LogP contribution in [0.2, 0.25) is 0 Å². The van der Waals surface area contributed by atoms with Crippen LogP contribution in [0.1, 0.15) is 49.2 Å². The monoisotopic (exact) mass is 416 g/mol. The molecule has 154 valence electrons. The predicted molar refractivity (Wildman–Crippen MR) is 110 cm³/mol. The molecule has 7 nitrogen and oxygen atoms in total. The van der Waals surface area contributed by atoms with Gasteiger partial charge in [0.1, 0.15) is 0 Å². The molecule has 2 aliphatic rings. The molecule has 1 saturated heterocycles. The van der Waals surface area contributed by atoms with Crippen molar-refractivity contribution in [3.8, 4) is 0 Å². The van der Waals surface area contributed by atoms with Crippen LogP contribution in [0.15, 0.2) is 40.5 Å². The number of nitrogens with zero attached hydrogens (tertiary/aromatic N) is 2. The summed E-state index contributed by atoms with van der Waals surface area (Å²) in [6.45, 7) is 5.95. The highest BCUT2D eigenvalue weighted by Gasteiger charge is 2.41. The van der Waals surface area contributed by atoms with E-state index in [0.29, 0.717) is 39.7 Å². The number of amidine groups is 1. The smallest absolute Gasteiger partial charge is 0.338 e. The van der Waals surface area contributed by atoms with Crippen molar-refractivity contribution >= 4 is 34.8 Å². The number of carbonyl (C=O) groups excluding carboxylic acids is 3. The van der Waals surface area contributed by atoms with Crippen molar-refractivity contribution < 1.29 is 23.9 Å². The molecule has 2 heterocycles. The molecule has 0 aromatic heterocycles.